The third-order valence-electron chi connectivity index (χ3n) is 3.25. The summed E-state index contributed by atoms with van der Waals surface area (Å²) in [6.45, 7) is 1.93. The zero-order valence-corrected chi connectivity index (χ0v) is 12.8. The minimum atomic E-state index is -0.411. The maximum absolute atomic E-state index is 11.0. The summed E-state index contributed by atoms with van der Waals surface area (Å²) in [6.07, 6.45) is 0.642. The summed E-state index contributed by atoms with van der Waals surface area (Å²) in [4.78, 5) is 15.0. The Morgan fingerprint density at radius 3 is 2.76 bits per heavy atom. The third kappa shape index (κ3) is 2.42. The van der Waals surface area contributed by atoms with Gasteiger partial charge in [-0.3, -0.25) is 10.1 Å². The molecule has 0 atom stereocenters. The van der Waals surface area contributed by atoms with Crippen LogP contribution in [0.3, 0.4) is 0 Å². The first-order valence-corrected chi connectivity index (χ1v) is 7.22. The van der Waals surface area contributed by atoms with E-state index in [4.69, 9.17) is 4.42 Å². The lowest BCUT2D eigenvalue weighted by molar-refractivity contribution is -0.384. The van der Waals surface area contributed by atoms with Crippen LogP contribution in [0.15, 0.2) is 45.3 Å². The number of hydrogen-bond acceptors (Lipinski definition) is 4. The molecule has 6 heteroatoms. The van der Waals surface area contributed by atoms with Gasteiger partial charge in [0.15, 0.2) is 5.58 Å². The maximum atomic E-state index is 11.0. The number of halogens is 1. The average molecular weight is 347 g/mol. The summed E-state index contributed by atoms with van der Waals surface area (Å²) < 4.78 is 6.69. The molecule has 1 aromatic heterocycles. The number of benzene rings is 2. The summed E-state index contributed by atoms with van der Waals surface area (Å²) in [6, 6.07) is 10.6. The fourth-order valence-electron chi connectivity index (χ4n) is 2.20. The molecule has 0 amide bonds. The van der Waals surface area contributed by atoms with Crippen molar-refractivity contribution >= 4 is 32.7 Å². The van der Waals surface area contributed by atoms with Gasteiger partial charge in [-0.25, -0.2) is 4.98 Å². The Labute approximate surface area is 128 Å². The number of oxazole rings is 1. The number of rotatable bonds is 3. The Hall–Kier alpha value is -2.21. The molecular formula is C15H11BrN2O3. The van der Waals surface area contributed by atoms with Crippen molar-refractivity contribution < 1.29 is 9.34 Å². The highest BCUT2D eigenvalue weighted by Crippen LogP contribution is 2.33. The Morgan fingerprint density at radius 1 is 1.33 bits per heavy atom. The number of fused-ring (bicyclic) bond motifs is 1. The van der Waals surface area contributed by atoms with E-state index in [0.29, 0.717) is 23.4 Å². The summed E-state index contributed by atoms with van der Waals surface area (Å²) >= 11 is 3.46. The Balaban J connectivity index is 2.24. The van der Waals surface area contributed by atoms with Crippen molar-refractivity contribution in [1.29, 1.82) is 0 Å². The van der Waals surface area contributed by atoms with Crippen LogP contribution >= 0.6 is 15.9 Å². The van der Waals surface area contributed by atoms with Crippen molar-refractivity contribution in [2.24, 2.45) is 0 Å². The zero-order valence-electron chi connectivity index (χ0n) is 11.2. The number of hydrogen-bond donors (Lipinski definition) is 0. The lowest BCUT2D eigenvalue weighted by Gasteiger charge is -1.98. The lowest BCUT2D eigenvalue weighted by Crippen LogP contribution is -1.90. The molecule has 0 N–H and O–H groups in total. The molecule has 2 aromatic carbocycles. The van der Waals surface area contributed by atoms with Crippen molar-refractivity contribution in [3.05, 3.63) is 56.5 Å². The Kier molecular flexibility index (Phi) is 3.47. The van der Waals surface area contributed by atoms with E-state index in [1.807, 2.05) is 31.2 Å². The van der Waals surface area contributed by atoms with E-state index in [1.54, 1.807) is 0 Å². The van der Waals surface area contributed by atoms with Crippen LogP contribution in [0.2, 0.25) is 0 Å². The van der Waals surface area contributed by atoms with E-state index in [-0.39, 0.29) is 5.69 Å². The normalized spacial score (nSPS) is 11.0. The Morgan fingerprint density at radius 2 is 2.10 bits per heavy atom. The molecule has 106 valence electrons. The van der Waals surface area contributed by atoms with Gasteiger partial charge in [0.25, 0.3) is 5.69 Å². The predicted octanol–water partition coefficient (Wildman–Crippen LogP) is 4.73. The monoisotopic (exact) mass is 346 g/mol. The molecule has 1 heterocycles. The predicted molar refractivity (Wildman–Crippen MR) is 83.2 cm³/mol. The van der Waals surface area contributed by atoms with Crippen molar-refractivity contribution in [1.82, 2.24) is 4.98 Å². The van der Waals surface area contributed by atoms with E-state index < -0.39 is 4.92 Å². The van der Waals surface area contributed by atoms with Crippen LogP contribution in [0.5, 0.6) is 0 Å². The van der Waals surface area contributed by atoms with Gasteiger partial charge in [-0.2, -0.15) is 0 Å². The summed E-state index contributed by atoms with van der Waals surface area (Å²) in [7, 11) is 0. The Bertz CT molecular complexity index is 842. The van der Waals surface area contributed by atoms with Crippen LogP contribution in [0, 0.1) is 10.1 Å². The largest absolute Gasteiger partial charge is 0.436 e. The van der Waals surface area contributed by atoms with Crippen LogP contribution in [0.4, 0.5) is 5.69 Å². The molecule has 3 rings (SSSR count). The molecule has 0 aliphatic carbocycles. The number of non-ortho nitro benzene ring substituents is 1. The van der Waals surface area contributed by atoms with Gasteiger partial charge in [-0.1, -0.05) is 19.1 Å². The smallest absolute Gasteiger partial charge is 0.272 e. The molecule has 21 heavy (non-hydrogen) atoms. The standard InChI is InChI=1S/C15H11BrN2O3/c1-2-9-7-10(18(19)20)8-13-14(9)21-15(17-13)11-5-3-4-6-12(11)16/h3-8H,2H2,1H3. The van der Waals surface area contributed by atoms with Crippen molar-refractivity contribution in [2.75, 3.05) is 0 Å². The van der Waals surface area contributed by atoms with E-state index in [9.17, 15) is 10.1 Å². The first kappa shape index (κ1) is 13.8. The number of nitro benzene ring substituents is 1. The molecule has 0 bridgehead atoms. The highest BCUT2D eigenvalue weighted by molar-refractivity contribution is 9.10. The van der Waals surface area contributed by atoms with E-state index >= 15 is 0 Å². The molecule has 3 aromatic rings. The van der Waals surface area contributed by atoms with Crippen LogP contribution in [-0.2, 0) is 6.42 Å². The van der Waals surface area contributed by atoms with Crippen molar-refractivity contribution in [3.8, 4) is 11.5 Å². The molecule has 0 aliphatic rings. The van der Waals surface area contributed by atoms with Crippen LogP contribution < -0.4 is 0 Å². The second kappa shape index (κ2) is 5.29. The SMILES string of the molecule is CCc1cc([N+](=O)[O-])cc2nc(-c3ccccc3Br)oc12. The van der Waals surface area contributed by atoms with Crippen LogP contribution in [-0.4, -0.2) is 9.91 Å². The molecule has 0 saturated heterocycles. The van der Waals surface area contributed by atoms with Crippen molar-refractivity contribution in [2.45, 2.75) is 13.3 Å². The van der Waals surface area contributed by atoms with Gasteiger partial charge in [0.05, 0.1) is 10.5 Å². The maximum Gasteiger partial charge on any atom is 0.272 e. The fourth-order valence-corrected chi connectivity index (χ4v) is 2.66. The molecule has 0 radical (unpaired) electrons. The second-order valence-corrected chi connectivity index (χ2v) is 5.42. The summed E-state index contributed by atoms with van der Waals surface area (Å²) in [5, 5.41) is 11.0. The van der Waals surface area contributed by atoms with Crippen LogP contribution in [0.25, 0.3) is 22.6 Å². The second-order valence-electron chi connectivity index (χ2n) is 4.56. The molecule has 0 spiro atoms. The highest BCUT2D eigenvalue weighted by Gasteiger charge is 2.17. The van der Waals surface area contributed by atoms with E-state index in [0.717, 1.165) is 15.6 Å². The van der Waals surface area contributed by atoms with Gasteiger partial charge < -0.3 is 4.42 Å². The first-order valence-electron chi connectivity index (χ1n) is 6.43. The number of nitro groups is 1. The first-order chi connectivity index (χ1) is 10.1. The quantitative estimate of drug-likeness (QED) is 0.507. The van der Waals surface area contributed by atoms with Gasteiger partial charge in [0, 0.05) is 22.2 Å². The van der Waals surface area contributed by atoms with Gasteiger partial charge in [0.2, 0.25) is 5.89 Å². The zero-order chi connectivity index (χ0) is 15.0. The molecule has 0 fully saturated rings. The molecule has 0 aliphatic heterocycles. The fraction of sp³-hybridized carbons (Fsp3) is 0.133. The molecular weight excluding hydrogens is 336 g/mol. The van der Waals surface area contributed by atoms with E-state index in [2.05, 4.69) is 20.9 Å². The summed E-state index contributed by atoms with van der Waals surface area (Å²) in [5.74, 6) is 0.452. The molecule has 5 nitrogen and oxygen atoms in total. The van der Waals surface area contributed by atoms with Gasteiger partial charge in [-0.05, 0) is 34.5 Å². The highest BCUT2D eigenvalue weighted by atomic mass is 79.9. The van der Waals surface area contributed by atoms with E-state index in [1.165, 1.54) is 12.1 Å². The minimum Gasteiger partial charge on any atom is -0.436 e. The lowest BCUT2D eigenvalue weighted by atomic mass is 10.1. The summed E-state index contributed by atoms with van der Waals surface area (Å²) in [5.41, 5.74) is 2.75. The number of nitrogens with zero attached hydrogens (tertiary/aromatic N) is 2. The van der Waals surface area contributed by atoms with Crippen LogP contribution in [0.1, 0.15) is 12.5 Å². The van der Waals surface area contributed by atoms with Gasteiger partial charge >= 0.3 is 0 Å². The molecule has 0 unspecified atom stereocenters. The minimum absolute atomic E-state index is 0.0336. The third-order valence-corrected chi connectivity index (χ3v) is 3.94. The molecule has 0 saturated carbocycles. The topological polar surface area (TPSA) is 69.2 Å². The number of aromatic nitrogens is 1. The van der Waals surface area contributed by atoms with Gasteiger partial charge in [0.1, 0.15) is 5.52 Å². The number of aryl methyl sites for hydroxylation is 1. The van der Waals surface area contributed by atoms with Crippen molar-refractivity contribution in [3.63, 3.8) is 0 Å². The average Bonchev–Trinajstić information content (AvgIpc) is 2.90. The van der Waals surface area contributed by atoms with Gasteiger partial charge in [-0.15, -0.1) is 0 Å².